The van der Waals surface area contributed by atoms with Crippen LogP contribution in [0.15, 0.2) is 54.6 Å². The van der Waals surface area contributed by atoms with E-state index in [0.717, 1.165) is 0 Å². The van der Waals surface area contributed by atoms with E-state index in [1.807, 2.05) is 6.92 Å². The van der Waals surface area contributed by atoms with Crippen molar-refractivity contribution in [3.8, 4) is 11.6 Å². The molecule has 0 fully saturated rings. The smallest absolute Gasteiger partial charge is 0.347 e. The van der Waals surface area contributed by atoms with Gasteiger partial charge >= 0.3 is 5.97 Å². The largest absolute Gasteiger partial charge is 0.404 e. The van der Waals surface area contributed by atoms with E-state index in [9.17, 15) is 13.6 Å². The number of esters is 1. The van der Waals surface area contributed by atoms with Crippen molar-refractivity contribution in [2.75, 3.05) is 0 Å². The summed E-state index contributed by atoms with van der Waals surface area (Å²) < 4.78 is 33.5. The van der Waals surface area contributed by atoms with Crippen molar-refractivity contribution in [3.05, 3.63) is 77.5 Å². The lowest BCUT2D eigenvalue weighted by atomic mass is 10.2. The zero-order valence-corrected chi connectivity index (χ0v) is 12.9. The highest BCUT2D eigenvalue weighted by atomic mass is 19.1. The second-order valence-corrected chi connectivity index (χ2v) is 5.09. The minimum absolute atomic E-state index is 0.145. The van der Waals surface area contributed by atoms with Crippen LogP contribution in [0.1, 0.15) is 23.0 Å². The van der Waals surface area contributed by atoms with E-state index < -0.39 is 11.8 Å². The molecule has 0 atom stereocenters. The third kappa shape index (κ3) is 3.17. The van der Waals surface area contributed by atoms with Gasteiger partial charge in [-0.05, 0) is 42.8 Å². The number of hydrogen-bond donors (Lipinski definition) is 0. The van der Waals surface area contributed by atoms with Gasteiger partial charge in [-0.2, -0.15) is 5.10 Å². The van der Waals surface area contributed by atoms with Gasteiger partial charge in [0.25, 0.3) is 0 Å². The molecule has 0 aliphatic carbocycles. The van der Waals surface area contributed by atoms with Crippen LogP contribution in [0, 0.1) is 11.6 Å². The van der Waals surface area contributed by atoms with Gasteiger partial charge in [-0.15, -0.1) is 0 Å². The van der Waals surface area contributed by atoms with E-state index in [1.54, 1.807) is 12.1 Å². The average Bonchev–Trinajstić information content (AvgIpc) is 2.99. The Morgan fingerprint density at radius 2 is 1.83 bits per heavy atom. The summed E-state index contributed by atoms with van der Waals surface area (Å²) in [6.45, 7) is 1.90. The van der Waals surface area contributed by atoms with Gasteiger partial charge in [0, 0.05) is 6.07 Å². The highest BCUT2D eigenvalue weighted by molar-refractivity contribution is 5.91. The molecule has 0 spiro atoms. The van der Waals surface area contributed by atoms with Crippen molar-refractivity contribution >= 4 is 5.97 Å². The SMILES string of the molecule is CCc1cc(OC(=O)c2ccccc2F)n(-c2ccc(F)cc2)n1. The number of carbonyl (C=O) groups is 1. The van der Waals surface area contributed by atoms with E-state index in [0.29, 0.717) is 17.8 Å². The minimum Gasteiger partial charge on any atom is -0.404 e. The topological polar surface area (TPSA) is 44.1 Å². The van der Waals surface area contributed by atoms with Crippen LogP contribution in [0.3, 0.4) is 0 Å². The first-order valence-corrected chi connectivity index (χ1v) is 7.40. The Bertz CT molecular complexity index is 873. The van der Waals surface area contributed by atoms with Crippen molar-refractivity contribution in [3.63, 3.8) is 0 Å². The Labute approximate surface area is 137 Å². The number of benzene rings is 2. The first kappa shape index (κ1) is 15.9. The molecule has 24 heavy (non-hydrogen) atoms. The molecule has 6 heteroatoms. The molecule has 3 rings (SSSR count). The van der Waals surface area contributed by atoms with Crippen LogP contribution in [0.4, 0.5) is 8.78 Å². The maximum atomic E-state index is 13.7. The molecule has 0 aliphatic rings. The summed E-state index contributed by atoms with van der Waals surface area (Å²) >= 11 is 0. The Morgan fingerprint density at radius 1 is 1.12 bits per heavy atom. The molecule has 1 aromatic heterocycles. The summed E-state index contributed by atoms with van der Waals surface area (Å²) in [7, 11) is 0. The Balaban J connectivity index is 1.96. The molecule has 0 saturated heterocycles. The van der Waals surface area contributed by atoms with E-state index in [2.05, 4.69) is 5.10 Å². The van der Waals surface area contributed by atoms with Gasteiger partial charge in [0.2, 0.25) is 5.88 Å². The molecule has 0 radical (unpaired) electrons. The van der Waals surface area contributed by atoms with Crippen LogP contribution in [0.5, 0.6) is 5.88 Å². The maximum Gasteiger partial charge on any atom is 0.347 e. The minimum atomic E-state index is -0.820. The first-order chi connectivity index (χ1) is 11.6. The van der Waals surface area contributed by atoms with E-state index in [4.69, 9.17) is 4.74 Å². The number of aryl methyl sites for hydroxylation is 1. The Morgan fingerprint density at radius 3 is 2.50 bits per heavy atom. The summed E-state index contributed by atoms with van der Waals surface area (Å²) in [5.41, 5.74) is 1.06. The van der Waals surface area contributed by atoms with Crippen molar-refractivity contribution in [2.45, 2.75) is 13.3 Å². The third-order valence-electron chi connectivity index (χ3n) is 3.45. The zero-order valence-electron chi connectivity index (χ0n) is 12.9. The van der Waals surface area contributed by atoms with Gasteiger partial charge in [-0.3, -0.25) is 0 Å². The van der Waals surface area contributed by atoms with Crippen LogP contribution in [-0.4, -0.2) is 15.7 Å². The molecule has 0 saturated carbocycles. The van der Waals surface area contributed by atoms with Crippen molar-refractivity contribution in [1.82, 2.24) is 9.78 Å². The molecule has 0 unspecified atom stereocenters. The second kappa shape index (κ2) is 6.62. The lowest BCUT2D eigenvalue weighted by Gasteiger charge is -2.08. The number of nitrogens with zero attached hydrogens (tertiary/aromatic N) is 2. The van der Waals surface area contributed by atoms with Crippen LogP contribution in [0.2, 0.25) is 0 Å². The van der Waals surface area contributed by atoms with Crippen LogP contribution in [0.25, 0.3) is 5.69 Å². The molecule has 0 bridgehead atoms. The van der Waals surface area contributed by atoms with Gasteiger partial charge < -0.3 is 4.74 Å². The fourth-order valence-electron chi connectivity index (χ4n) is 2.20. The number of halogens is 2. The van der Waals surface area contributed by atoms with Crippen LogP contribution >= 0.6 is 0 Å². The number of carbonyl (C=O) groups excluding carboxylic acids is 1. The molecule has 1 heterocycles. The number of hydrogen-bond acceptors (Lipinski definition) is 3. The van der Waals surface area contributed by atoms with Gasteiger partial charge in [-0.25, -0.2) is 18.3 Å². The number of aromatic nitrogens is 2. The highest BCUT2D eigenvalue weighted by Gasteiger charge is 2.18. The molecule has 4 nitrogen and oxygen atoms in total. The zero-order chi connectivity index (χ0) is 17.1. The van der Waals surface area contributed by atoms with Gasteiger partial charge in [0.05, 0.1) is 16.9 Å². The molecule has 0 N–H and O–H groups in total. The van der Waals surface area contributed by atoms with Gasteiger partial charge in [0.15, 0.2) is 0 Å². The lowest BCUT2D eigenvalue weighted by Crippen LogP contribution is -2.13. The summed E-state index contributed by atoms with van der Waals surface area (Å²) in [6.07, 6.45) is 0.623. The summed E-state index contributed by atoms with van der Waals surface area (Å²) in [6, 6.07) is 12.8. The van der Waals surface area contributed by atoms with Gasteiger partial charge in [0.1, 0.15) is 11.6 Å². The third-order valence-corrected chi connectivity index (χ3v) is 3.45. The Hall–Kier alpha value is -3.02. The number of ether oxygens (including phenoxy) is 1. The molecular weight excluding hydrogens is 314 g/mol. The summed E-state index contributed by atoms with van der Waals surface area (Å²) in [5, 5.41) is 4.32. The van der Waals surface area contributed by atoms with Crippen molar-refractivity contribution in [1.29, 1.82) is 0 Å². The summed E-state index contributed by atoms with van der Waals surface area (Å²) in [5.74, 6) is -1.72. The predicted molar refractivity (Wildman–Crippen MR) is 84.3 cm³/mol. The molecule has 2 aromatic carbocycles. The Kier molecular flexibility index (Phi) is 4.37. The quantitative estimate of drug-likeness (QED) is 0.682. The van der Waals surface area contributed by atoms with Crippen molar-refractivity contribution in [2.24, 2.45) is 0 Å². The monoisotopic (exact) mass is 328 g/mol. The molecule has 3 aromatic rings. The predicted octanol–water partition coefficient (Wildman–Crippen LogP) is 3.93. The van der Waals surface area contributed by atoms with Gasteiger partial charge in [-0.1, -0.05) is 19.1 Å². The van der Waals surface area contributed by atoms with Crippen LogP contribution < -0.4 is 4.74 Å². The summed E-state index contributed by atoms with van der Waals surface area (Å²) in [4.78, 5) is 12.2. The van der Waals surface area contributed by atoms with Crippen molar-refractivity contribution < 1.29 is 18.3 Å². The normalized spacial score (nSPS) is 10.6. The van der Waals surface area contributed by atoms with E-state index in [1.165, 1.54) is 47.1 Å². The molecule has 0 aliphatic heterocycles. The molecule has 0 amide bonds. The number of rotatable bonds is 4. The van der Waals surface area contributed by atoms with E-state index >= 15 is 0 Å². The molecule has 122 valence electrons. The van der Waals surface area contributed by atoms with Crippen LogP contribution in [-0.2, 0) is 6.42 Å². The molecular formula is C18H14F2N2O2. The fraction of sp³-hybridized carbons (Fsp3) is 0.111. The lowest BCUT2D eigenvalue weighted by molar-refractivity contribution is 0.0718. The highest BCUT2D eigenvalue weighted by Crippen LogP contribution is 2.22. The first-order valence-electron chi connectivity index (χ1n) is 7.40. The average molecular weight is 328 g/mol. The van der Waals surface area contributed by atoms with E-state index in [-0.39, 0.29) is 17.3 Å². The standard InChI is InChI=1S/C18H14F2N2O2/c1-2-13-11-17(22(21-13)14-9-7-12(19)8-10-14)24-18(23)15-5-3-4-6-16(15)20/h3-11H,2H2,1H3. The second-order valence-electron chi connectivity index (χ2n) is 5.09. The maximum absolute atomic E-state index is 13.7. The fourth-order valence-corrected chi connectivity index (χ4v) is 2.20.